The van der Waals surface area contributed by atoms with E-state index in [0.717, 1.165) is 34.1 Å². The maximum Gasteiger partial charge on any atom is 0.231 e. The van der Waals surface area contributed by atoms with Crippen LogP contribution in [0.3, 0.4) is 0 Å². The van der Waals surface area contributed by atoms with E-state index in [0.29, 0.717) is 26.1 Å². The molecule has 29 heavy (non-hydrogen) atoms. The van der Waals surface area contributed by atoms with E-state index in [9.17, 15) is 4.79 Å². The topological polar surface area (TPSA) is 74.6 Å². The molecule has 148 valence electrons. The Kier molecular flexibility index (Phi) is 4.65. The van der Waals surface area contributed by atoms with Crippen LogP contribution in [0, 0.1) is 0 Å². The normalized spacial score (nSPS) is 17.0. The van der Waals surface area contributed by atoms with Crippen LogP contribution < -0.4 is 14.8 Å². The molecule has 0 saturated heterocycles. The van der Waals surface area contributed by atoms with Gasteiger partial charge in [0.2, 0.25) is 12.7 Å². The number of hydrogen-bond acceptors (Lipinski definition) is 5. The minimum absolute atomic E-state index is 0.00720. The van der Waals surface area contributed by atoms with Gasteiger partial charge in [0.25, 0.3) is 0 Å². The molecule has 0 fully saturated rings. The zero-order valence-electron chi connectivity index (χ0n) is 15.8. The summed E-state index contributed by atoms with van der Waals surface area (Å²) in [7, 11) is 0. The van der Waals surface area contributed by atoms with Crippen LogP contribution in [0.2, 0.25) is 0 Å². The summed E-state index contributed by atoms with van der Waals surface area (Å²) in [6.45, 7) is 1.76. The number of nitrogens with zero attached hydrogens (tertiary/aromatic N) is 2. The number of rotatable bonds is 5. The molecule has 7 nitrogen and oxygen atoms in total. The summed E-state index contributed by atoms with van der Waals surface area (Å²) < 4.78 is 18.9. The highest BCUT2D eigenvalue weighted by molar-refractivity contribution is 5.78. The van der Waals surface area contributed by atoms with Gasteiger partial charge in [-0.15, -0.1) is 0 Å². The van der Waals surface area contributed by atoms with Gasteiger partial charge in [-0.3, -0.25) is 4.79 Å². The number of carbonyl (C=O) groups is 1. The standard InChI is InChI=1S/C22H21N3O4/c26-22(8-15-4-2-1-3-5-15)24-10-17-12-25-18(11-23-21(25)13-27-17)16-6-7-19-20(9-16)29-14-28-19/h1-7,9,11,17H,8,10,12-14H2,(H,24,26). The highest BCUT2D eigenvalue weighted by Crippen LogP contribution is 2.36. The van der Waals surface area contributed by atoms with E-state index in [4.69, 9.17) is 14.2 Å². The maximum absolute atomic E-state index is 12.2. The van der Waals surface area contributed by atoms with Crippen LogP contribution in [-0.4, -0.2) is 34.9 Å². The lowest BCUT2D eigenvalue weighted by Gasteiger charge is -2.26. The highest BCUT2D eigenvalue weighted by Gasteiger charge is 2.24. The minimum atomic E-state index is -0.107. The van der Waals surface area contributed by atoms with Gasteiger partial charge in [-0.2, -0.15) is 0 Å². The number of carbonyl (C=O) groups excluding carboxylic acids is 1. The van der Waals surface area contributed by atoms with Crippen molar-refractivity contribution < 1.29 is 19.0 Å². The molecule has 1 atom stereocenters. The predicted octanol–water partition coefficient (Wildman–Crippen LogP) is 2.54. The SMILES string of the molecule is O=C(Cc1ccccc1)NCC1Cn2c(-c3ccc4c(c3)OCO4)cnc2CO1. The fourth-order valence-electron chi connectivity index (χ4n) is 3.66. The Hall–Kier alpha value is -3.32. The second-order valence-corrected chi connectivity index (χ2v) is 7.14. The van der Waals surface area contributed by atoms with Crippen molar-refractivity contribution in [3.63, 3.8) is 0 Å². The van der Waals surface area contributed by atoms with Crippen molar-refractivity contribution in [3.05, 3.63) is 66.1 Å². The van der Waals surface area contributed by atoms with Gasteiger partial charge < -0.3 is 24.1 Å². The van der Waals surface area contributed by atoms with E-state index in [1.807, 2.05) is 54.7 Å². The van der Waals surface area contributed by atoms with E-state index in [2.05, 4.69) is 14.9 Å². The molecule has 5 rings (SSSR count). The highest BCUT2D eigenvalue weighted by atomic mass is 16.7. The smallest absolute Gasteiger partial charge is 0.231 e. The Bertz CT molecular complexity index is 1030. The first-order chi connectivity index (χ1) is 14.3. The molecule has 0 spiro atoms. The van der Waals surface area contributed by atoms with Crippen molar-refractivity contribution in [2.75, 3.05) is 13.3 Å². The Morgan fingerprint density at radius 2 is 2.00 bits per heavy atom. The van der Waals surface area contributed by atoms with Gasteiger partial charge in [0, 0.05) is 12.1 Å². The molecule has 1 unspecified atom stereocenters. The van der Waals surface area contributed by atoms with Gasteiger partial charge in [-0.05, 0) is 23.8 Å². The van der Waals surface area contributed by atoms with Gasteiger partial charge in [-0.25, -0.2) is 4.98 Å². The largest absolute Gasteiger partial charge is 0.454 e. The molecular formula is C22H21N3O4. The quantitative estimate of drug-likeness (QED) is 0.724. The number of nitrogens with one attached hydrogen (secondary N) is 1. The lowest BCUT2D eigenvalue weighted by molar-refractivity contribution is -0.121. The fraction of sp³-hybridized carbons (Fsp3) is 0.273. The van der Waals surface area contributed by atoms with Crippen molar-refractivity contribution in [1.29, 1.82) is 0 Å². The van der Waals surface area contributed by atoms with E-state index < -0.39 is 0 Å². The zero-order valence-corrected chi connectivity index (χ0v) is 15.8. The molecule has 2 aromatic carbocycles. The van der Waals surface area contributed by atoms with Gasteiger partial charge in [0.15, 0.2) is 11.5 Å². The molecule has 0 saturated carbocycles. The minimum Gasteiger partial charge on any atom is -0.454 e. The first-order valence-electron chi connectivity index (χ1n) is 9.63. The van der Waals surface area contributed by atoms with E-state index >= 15 is 0 Å². The number of aromatic nitrogens is 2. The fourth-order valence-corrected chi connectivity index (χ4v) is 3.66. The molecule has 3 aromatic rings. The molecule has 2 aliphatic rings. The molecule has 7 heteroatoms. The lowest BCUT2D eigenvalue weighted by Crippen LogP contribution is -2.39. The van der Waals surface area contributed by atoms with Crippen LogP contribution in [0.15, 0.2) is 54.7 Å². The average Bonchev–Trinajstić information content (AvgIpc) is 3.39. The Morgan fingerprint density at radius 3 is 2.90 bits per heavy atom. The molecule has 2 aliphatic heterocycles. The van der Waals surface area contributed by atoms with Crippen molar-refractivity contribution in [3.8, 4) is 22.8 Å². The van der Waals surface area contributed by atoms with Crippen LogP contribution in [0.5, 0.6) is 11.5 Å². The molecule has 3 heterocycles. The van der Waals surface area contributed by atoms with Crippen molar-refractivity contribution in [2.24, 2.45) is 0 Å². The van der Waals surface area contributed by atoms with Gasteiger partial charge in [0.1, 0.15) is 12.4 Å². The monoisotopic (exact) mass is 391 g/mol. The number of imidazole rings is 1. The number of ether oxygens (including phenoxy) is 3. The first kappa shape index (κ1) is 17.8. The number of amides is 1. The molecule has 1 N–H and O–H groups in total. The summed E-state index contributed by atoms with van der Waals surface area (Å²) in [6, 6.07) is 15.6. The third-order valence-corrected chi connectivity index (χ3v) is 5.18. The third-order valence-electron chi connectivity index (χ3n) is 5.18. The summed E-state index contributed by atoms with van der Waals surface area (Å²) in [6.07, 6.45) is 2.11. The van der Waals surface area contributed by atoms with Crippen molar-refractivity contribution in [2.45, 2.75) is 25.7 Å². The Morgan fingerprint density at radius 1 is 1.14 bits per heavy atom. The van der Waals surface area contributed by atoms with E-state index in [-0.39, 0.29) is 18.8 Å². The van der Waals surface area contributed by atoms with Crippen LogP contribution in [0.1, 0.15) is 11.4 Å². The second-order valence-electron chi connectivity index (χ2n) is 7.14. The van der Waals surface area contributed by atoms with Crippen LogP contribution in [-0.2, 0) is 29.1 Å². The van der Waals surface area contributed by atoms with E-state index in [1.54, 1.807) is 0 Å². The number of hydrogen-bond donors (Lipinski definition) is 1. The third kappa shape index (κ3) is 3.69. The summed E-state index contributed by atoms with van der Waals surface area (Å²) >= 11 is 0. The Labute approximate surface area is 168 Å². The summed E-state index contributed by atoms with van der Waals surface area (Å²) in [4.78, 5) is 16.7. The summed E-state index contributed by atoms with van der Waals surface area (Å²) in [5.41, 5.74) is 3.01. The average molecular weight is 391 g/mol. The molecular weight excluding hydrogens is 370 g/mol. The summed E-state index contributed by atoms with van der Waals surface area (Å²) in [5, 5.41) is 2.98. The van der Waals surface area contributed by atoms with Gasteiger partial charge in [-0.1, -0.05) is 30.3 Å². The van der Waals surface area contributed by atoms with Crippen LogP contribution in [0.4, 0.5) is 0 Å². The molecule has 1 amide bonds. The number of fused-ring (bicyclic) bond motifs is 2. The second kappa shape index (κ2) is 7.60. The Balaban J connectivity index is 1.25. The van der Waals surface area contributed by atoms with Gasteiger partial charge in [0.05, 0.1) is 31.0 Å². The van der Waals surface area contributed by atoms with Crippen molar-refractivity contribution >= 4 is 5.91 Å². The molecule has 0 aliphatic carbocycles. The van der Waals surface area contributed by atoms with Gasteiger partial charge >= 0.3 is 0 Å². The maximum atomic E-state index is 12.2. The molecule has 0 radical (unpaired) electrons. The first-order valence-corrected chi connectivity index (χ1v) is 9.63. The van der Waals surface area contributed by atoms with Crippen LogP contribution >= 0.6 is 0 Å². The van der Waals surface area contributed by atoms with Crippen molar-refractivity contribution in [1.82, 2.24) is 14.9 Å². The predicted molar refractivity (Wildman–Crippen MR) is 106 cm³/mol. The number of benzene rings is 2. The summed E-state index contributed by atoms with van der Waals surface area (Å²) in [5.74, 6) is 2.38. The van der Waals surface area contributed by atoms with Crippen LogP contribution in [0.25, 0.3) is 11.3 Å². The zero-order chi connectivity index (χ0) is 19.6. The molecule has 0 bridgehead atoms. The molecule has 1 aromatic heterocycles. The lowest BCUT2D eigenvalue weighted by atomic mass is 10.1. The van der Waals surface area contributed by atoms with E-state index in [1.165, 1.54) is 0 Å².